The van der Waals surface area contributed by atoms with Crippen molar-refractivity contribution in [3.05, 3.63) is 0 Å². The predicted molar refractivity (Wildman–Crippen MR) is 72.2 cm³/mol. The first-order chi connectivity index (χ1) is 7.81. The zero-order valence-corrected chi connectivity index (χ0v) is 11.4. The Hall–Kier alpha value is -0.280. The van der Waals surface area contributed by atoms with E-state index in [0.717, 1.165) is 38.9 Å². The molecule has 1 atom stereocenters. The highest BCUT2D eigenvalue weighted by atomic mass is 35.5. The molecule has 1 amide bonds. The molecule has 1 heterocycles. The minimum atomic E-state index is 0. The van der Waals surface area contributed by atoms with E-state index >= 15 is 0 Å². The highest BCUT2D eigenvalue weighted by molar-refractivity contribution is 5.85. The number of nitrogens with two attached hydrogens (primary N) is 1. The number of hydrogen-bond donors (Lipinski definition) is 1. The minimum absolute atomic E-state index is 0. The molecule has 0 bridgehead atoms. The standard InChI is InChI=1S/C13H24N2O.ClH/c14-8-7-11-4-3-9-15(10-11)13(16)12-5-1-2-6-12;/h11-12H,1-10,14H2;1H. The summed E-state index contributed by atoms with van der Waals surface area (Å²) in [7, 11) is 0. The highest BCUT2D eigenvalue weighted by Crippen LogP contribution is 2.28. The molecule has 0 radical (unpaired) electrons. The molecular formula is C13H25ClN2O. The molecule has 1 aliphatic heterocycles. The van der Waals surface area contributed by atoms with Crippen LogP contribution < -0.4 is 5.73 Å². The smallest absolute Gasteiger partial charge is 0.225 e. The van der Waals surface area contributed by atoms with Gasteiger partial charge in [-0.25, -0.2) is 0 Å². The summed E-state index contributed by atoms with van der Waals surface area (Å²) in [5.41, 5.74) is 5.60. The van der Waals surface area contributed by atoms with E-state index < -0.39 is 0 Å². The van der Waals surface area contributed by atoms with Crippen molar-refractivity contribution in [3.8, 4) is 0 Å². The number of carbonyl (C=O) groups is 1. The van der Waals surface area contributed by atoms with E-state index in [2.05, 4.69) is 4.90 Å². The highest BCUT2D eigenvalue weighted by Gasteiger charge is 2.30. The minimum Gasteiger partial charge on any atom is -0.342 e. The fourth-order valence-corrected chi connectivity index (χ4v) is 3.17. The molecule has 0 spiro atoms. The SMILES string of the molecule is Cl.NCCC1CCCN(C(=O)C2CCCC2)C1. The van der Waals surface area contributed by atoms with Crippen molar-refractivity contribution in [2.24, 2.45) is 17.6 Å². The third kappa shape index (κ3) is 3.85. The Morgan fingerprint density at radius 1 is 1.18 bits per heavy atom. The van der Waals surface area contributed by atoms with Crippen molar-refractivity contribution < 1.29 is 4.79 Å². The van der Waals surface area contributed by atoms with Crippen LogP contribution in [-0.4, -0.2) is 30.4 Å². The monoisotopic (exact) mass is 260 g/mol. The van der Waals surface area contributed by atoms with Crippen LogP contribution in [0.2, 0.25) is 0 Å². The quantitative estimate of drug-likeness (QED) is 0.846. The summed E-state index contributed by atoms with van der Waals surface area (Å²) in [6.45, 7) is 2.71. The van der Waals surface area contributed by atoms with Crippen LogP contribution in [0.5, 0.6) is 0 Å². The van der Waals surface area contributed by atoms with E-state index in [4.69, 9.17) is 5.73 Å². The maximum absolute atomic E-state index is 12.2. The second kappa shape index (κ2) is 7.22. The van der Waals surface area contributed by atoms with Crippen LogP contribution in [0.4, 0.5) is 0 Å². The first kappa shape index (κ1) is 14.8. The number of halogens is 1. The maximum Gasteiger partial charge on any atom is 0.225 e. The Balaban J connectivity index is 0.00000144. The van der Waals surface area contributed by atoms with Crippen LogP contribution >= 0.6 is 12.4 Å². The Kier molecular flexibility index (Phi) is 6.28. The second-order valence-corrected chi connectivity index (χ2v) is 5.35. The molecule has 0 aromatic carbocycles. The second-order valence-electron chi connectivity index (χ2n) is 5.35. The van der Waals surface area contributed by atoms with Gasteiger partial charge in [-0.05, 0) is 44.6 Å². The molecular weight excluding hydrogens is 236 g/mol. The van der Waals surface area contributed by atoms with Gasteiger partial charge in [0.2, 0.25) is 5.91 Å². The van der Waals surface area contributed by atoms with Crippen molar-refractivity contribution in [2.45, 2.75) is 44.9 Å². The van der Waals surface area contributed by atoms with Gasteiger partial charge in [0.15, 0.2) is 0 Å². The fourth-order valence-electron chi connectivity index (χ4n) is 3.17. The maximum atomic E-state index is 12.2. The molecule has 4 heteroatoms. The third-order valence-corrected chi connectivity index (χ3v) is 4.11. The van der Waals surface area contributed by atoms with Gasteiger partial charge in [-0.2, -0.15) is 0 Å². The molecule has 3 nitrogen and oxygen atoms in total. The van der Waals surface area contributed by atoms with Crippen molar-refractivity contribution in [2.75, 3.05) is 19.6 Å². The van der Waals surface area contributed by atoms with Crippen LogP contribution in [0.15, 0.2) is 0 Å². The number of likely N-dealkylation sites (tertiary alicyclic amines) is 1. The Bertz CT molecular complexity index is 240. The lowest BCUT2D eigenvalue weighted by Crippen LogP contribution is -2.42. The third-order valence-electron chi connectivity index (χ3n) is 4.11. The number of rotatable bonds is 3. The van der Waals surface area contributed by atoms with Crippen LogP contribution in [0.25, 0.3) is 0 Å². The van der Waals surface area contributed by atoms with Gasteiger partial charge in [0.25, 0.3) is 0 Å². The molecule has 2 N–H and O–H groups in total. The summed E-state index contributed by atoms with van der Waals surface area (Å²) in [6.07, 6.45) is 8.24. The van der Waals surface area contributed by atoms with E-state index in [0.29, 0.717) is 17.7 Å². The van der Waals surface area contributed by atoms with Crippen molar-refractivity contribution in [3.63, 3.8) is 0 Å². The number of amides is 1. The van der Waals surface area contributed by atoms with Gasteiger partial charge >= 0.3 is 0 Å². The van der Waals surface area contributed by atoms with Crippen LogP contribution in [0.3, 0.4) is 0 Å². The lowest BCUT2D eigenvalue weighted by Gasteiger charge is -2.34. The molecule has 0 aromatic rings. The van der Waals surface area contributed by atoms with Crippen LogP contribution in [0, 0.1) is 11.8 Å². The number of piperidine rings is 1. The predicted octanol–water partition coefficient (Wildman–Crippen LogP) is 2.19. The van der Waals surface area contributed by atoms with Gasteiger partial charge in [0.05, 0.1) is 0 Å². The van der Waals surface area contributed by atoms with Gasteiger partial charge in [-0.1, -0.05) is 12.8 Å². The molecule has 1 saturated carbocycles. The molecule has 2 fully saturated rings. The summed E-state index contributed by atoms with van der Waals surface area (Å²) < 4.78 is 0. The van der Waals surface area contributed by atoms with Crippen LogP contribution in [-0.2, 0) is 4.79 Å². The zero-order valence-electron chi connectivity index (χ0n) is 10.6. The molecule has 1 aliphatic carbocycles. The van der Waals surface area contributed by atoms with Crippen molar-refractivity contribution >= 4 is 18.3 Å². The molecule has 1 unspecified atom stereocenters. The van der Waals surface area contributed by atoms with Gasteiger partial charge in [-0.3, -0.25) is 4.79 Å². The average Bonchev–Trinajstić information content (AvgIpc) is 2.82. The summed E-state index contributed by atoms with van der Waals surface area (Å²) in [5.74, 6) is 1.43. The molecule has 2 aliphatic rings. The zero-order chi connectivity index (χ0) is 11.4. The van der Waals surface area contributed by atoms with Crippen molar-refractivity contribution in [1.29, 1.82) is 0 Å². The van der Waals surface area contributed by atoms with E-state index in [1.54, 1.807) is 0 Å². The Morgan fingerprint density at radius 2 is 1.88 bits per heavy atom. The molecule has 1 saturated heterocycles. The van der Waals surface area contributed by atoms with E-state index in [9.17, 15) is 4.79 Å². The van der Waals surface area contributed by atoms with Gasteiger partial charge in [-0.15, -0.1) is 12.4 Å². The lowest BCUT2D eigenvalue weighted by molar-refractivity contribution is -0.137. The molecule has 100 valence electrons. The van der Waals surface area contributed by atoms with Gasteiger partial charge < -0.3 is 10.6 Å². The van der Waals surface area contributed by atoms with Gasteiger partial charge in [0, 0.05) is 19.0 Å². The first-order valence-corrected chi connectivity index (χ1v) is 6.80. The number of hydrogen-bond acceptors (Lipinski definition) is 2. The number of nitrogens with zero attached hydrogens (tertiary/aromatic N) is 1. The van der Waals surface area contributed by atoms with Crippen LogP contribution in [0.1, 0.15) is 44.9 Å². The molecule has 17 heavy (non-hydrogen) atoms. The summed E-state index contributed by atoms with van der Waals surface area (Å²) in [5, 5.41) is 0. The van der Waals surface area contributed by atoms with E-state index in [1.165, 1.54) is 25.7 Å². The van der Waals surface area contributed by atoms with E-state index in [-0.39, 0.29) is 12.4 Å². The Morgan fingerprint density at radius 3 is 2.53 bits per heavy atom. The normalized spacial score (nSPS) is 25.7. The summed E-state index contributed by atoms with van der Waals surface area (Å²) in [6, 6.07) is 0. The first-order valence-electron chi connectivity index (χ1n) is 6.80. The fraction of sp³-hybridized carbons (Fsp3) is 0.923. The molecule has 2 rings (SSSR count). The topological polar surface area (TPSA) is 46.3 Å². The lowest BCUT2D eigenvalue weighted by atomic mass is 9.93. The van der Waals surface area contributed by atoms with E-state index in [1.807, 2.05) is 0 Å². The largest absolute Gasteiger partial charge is 0.342 e. The number of carbonyl (C=O) groups excluding carboxylic acids is 1. The molecule has 0 aromatic heterocycles. The summed E-state index contributed by atoms with van der Waals surface area (Å²) >= 11 is 0. The van der Waals surface area contributed by atoms with Crippen molar-refractivity contribution in [1.82, 2.24) is 4.90 Å². The summed E-state index contributed by atoms with van der Waals surface area (Å²) in [4.78, 5) is 14.4. The van der Waals surface area contributed by atoms with Gasteiger partial charge in [0.1, 0.15) is 0 Å². The Labute approximate surface area is 111 Å². The average molecular weight is 261 g/mol.